The van der Waals surface area contributed by atoms with Crippen LogP contribution in [0, 0.1) is 5.82 Å². The quantitative estimate of drug-likeness (QED) is 0.805. The Hall–Kier alpha value is -0.620. The summed E-state index contributed by atoms with van der Waals surface area (Å²) in [5, 5.41) is 10.1. The van der Waals surface area contributed by atoms with E-state index < -0.39 is 24.0 Å². The largest absolute Gasteiger partial charge is 0.389 e. The zero-order chi connectivity index (χ0) is 14.0. The van der Waals surface area contributed by atoms with E-state index in [1.807, 2.05) is 0 Å². The first kappa shape index (κ1) is 15.4. The van der Waals surface area contributed by atoms with Crippen LogP contribution in [0.5, 0.6) is 0 Å². The first-order valence-electron chi connectivity index (χ1n) is 5.36. The van der Waals surface area contributed by atoms with Crippen molar-refractivity contribution in [2.24, 2.45) is 0 Å². The number of aliphatic hydroxyl groups is 1. The Morgan fingerprint density at radius 1 is 1.22 bits per heavy atom. The molecule has 0 fully saturated rings. The van der Waals surface area contributed by atoms with Gasteiger partial charge in [0, 0.05) is 16.5 Å². The van der Waals surface area contributed by atoms with Crippen LogP contribution < -0.4 is 0 Å². The van der Waals surface area contributed by atoms with Gasteiger partial charge in [-0.2, -0.15) is 13.2 Å². The molecule has 0 saturated carbocycles. The minimum Gasteiger partial charge on any atom is -0.385 e. The molecule has 1 unspecified atom stereocenters. The van der Waals surface area contributed by atoms with Gasteiger partial charge in [-0.1, -0.05) is 15.9 Å². The van der Waals surface area contributed by atoms with Gasteiger partial charge in [0.05, 0.1) is 5.60 Å². The summed E-state index contributed by atoms with van der Waals surface area (Å²) in [5.74, 6) is -0.629. The Bertz CT molecular complexity index is 415. The number of halogens is 5. The molecule has 18 heavy (non-hydrogen) atoms. The summed E-state index contributed by atoms with van der Waals surface area (Å²) in [5.41, 5.74) is -1.61. The van der Waals surface area contributed by atoms with Crippen molar-refractivity contribution < 1.29 is 22.7 Å². The zero-order valence-corrected chi connectivity index (χ0v) is 11.3. The van der Waals surface area contributed by atoms with E-state index in [9.17, 15) is 22.7 Å². The van der Waals surface area contributed by atoms with Crippen molar-refractivity contribution >= 4 is 15.9 Å². The smallest absolute Gasteiger partial charge is 0.385 e. The van der Waals surface area contributed by atoms with Crippen LogP contribution >= 0.6 is 15.9 Å². The number of rotatable bonds is 4. The van der Waals surface area contributed by atoms with E-state index in [4.69, 9.17) is 0 Å². The van der Waals surface area contributed by atoms with E-state index in [2.05, 4.69) is 15.9 Å². The molecular formula is C12H13BrF4O. The molecule has 0 aliphatic carbocycles. The Morgan fingerprint density at radius 3 is 2.39 bits per heavy atom. The second-order valence-electron chi connectivity index (χ2n) is 4.37. The number of benzene rings is 1. The van der Waals surface area contributed by atoms with Crippen LogP contribution in [-0.4, -0.2) is 11.3 Å². The molecule has 1 N–H and O–H groups in total. The lowest BCUT2D eigenvalue weighted by Crippen LogP contribution is -2.23. The Kier molecular flexibility index (Phi) is 4.78. The highest BCUT2D eigenvalue weighted by molar-refractivity contribution is 9.10. The zero-order valence-electron chi connectivity index (χ0n) is 9.69. The molecule has 1 rings (SSSR count). The van der Waals surface area contributed by atoms with E-state index in [1.54, 1.807) is 0 Å². The lowest BCUT2D eigenvalue weighted by atomic mass is 9.90. The molecular weight excluding hydrogens is 316 g/mol. The van der Waals surface area contributed by atoms with Crippen molar-refractivity contribution in [1.82, 2.24) is 0 Å². The molecule has 0 heterocycles. The average Bonchev–Trinajstić information content (AvgIpc) is 2.19. The number of alkyl halides is 3. The monoisotopic (exact) mass is 328 g/mol. The molecule has 1 atom stereocenters. The standard InChI is InChI=1S/C12H13BrF4O/c1-11(18,5-2-6-12(15,16)17)9-7-8(13)3-4-10(9)14/h3-4,7,18H,2,5-6H2,1H3. The maximum Gasteiger partial charge on any atom is 0.389 e. The van der Waals surface area contributed by atoms with Gasteiger partial charge in [-0.05, 0) is 38.0 Å². The summed E-state index contributed by atoms with van der Waals surface area (Å²) < 4.78 is 50.1. The van der Waals surface area contributed by atoms with Gasteiger partial charge in [0.2, 0.25) is 0 Å². The lowest BCUT2D eigenvalue weighted by molar-refractivity contribution is -0.137. The van der Waals surface area contributed by atoms with E-state index in [0.717, 1.165) is 6.07 Å². The highest BCUT2D eigenvalue weighted by Crippen LogP contribution is 2.32. The molecule has 0 aliphatic rings. The molecule has 0 aromatic heterocycles. The van der Waals surface area contributed by atoms with Crippen LogP contribution in [0.25, 0.3) is 0 Å². The van der Waals surface area contributed by atoms with Gasteiger partial charge in [0.15, 0.2) is 0 Å². The first-order chi connectivity index (χ1) is 8.12. The predicted octanol–water partition coefficient (Wildman–Crippen LogP) is 4.53. The maximum atomic E-state index is 13.5. The number of hydrogen-bond acceptors (Lipinski definition) is 1. The summed E-state index contributed by atoms with van der Waals surface area (Å²) in [6.45, 7) is 1.31. The maximum absolute atomic E-state index is 13.5. The fourth-order valence-corrected chi connectivity index (χ4v) is 2.04. The van der Waals surface area contributed by atoms with Gasteiger partial charge in [-0.15, -0.1) is 0 Å². The second kappa shape index (κ2) is 5.57. The summed E-state index contributed by atoms with van der Waals surface area (Å²) >= 11 is 3.13. The molecule has 0 radical (unpaired) electrons. The molecule has 0 spiro atoms. The summed E-state index contributed by atoms with van der Waals surface area (Å²) in [6.07, 6.45) is -5.65. The minimum absolute atomic E-state index is 0.000880. The summed E-state index contributed by atoms with van der Waals surface area (Å²) in [7, 11) is 0. The van der Waals surface area contributed by atoms with Crippen LogP contribution in [0.3, 0.4) is 0 Å². The van der Waals surface area contributed by atoms with Gasteiger partial charge in [0.25, 0.3) is 0 Å². The first-order valence-corrected chi connectivity index (χ1v) is 6.16. The molecule has 0 saturated heterocycles. The Morgan fingerprint density at radius 2 is 1.83 bits per heavy atom. The highest BCUT2D eigenvalue weighted by atomic mass is 79.9. The highest BCUT2D eigenvalue weighted by Gasteiger charge is 2.31. The molecule has 1 aromatic rings. The van der Waals surface area contributed by atoms with Crippen molar-refractivity contribution in [3.8, 4) is 0 Å². The summed E-state index contributed by atoms with van der Waals surface area (Å²) in [4.78, 5) is 0. The van der Waals surface area contributed by atoms with Crippen LogP contribution in [-0.2, 0) is 5.60 Å². The molecule has 0 amide bonds. The molecule has 1 nitrogen and oxygen atoms in total. The predicted molar refractivity (Wildman–Crippen MR) is 63.6 cm³/mol. The fraction of sp³-hybridized carbons (Fsp3) is 0.500. The third-order valence-electron chi connectivity index (χ3n) is 2.63. The van der Waals surface area contributed by atoms with E-state index >= 15 is 0 Å². The van der Waals surface area contributed by atoms with Gasteiger partial charge >= 0.3 is 6.18 Å². The van der Waals surface area contributed by atoms with E-state index in [0.29, 0.717) is 4.47 Å². The van der Waals surface area contributed by atoms with Crippen molar-refractivity contribution in [2.75, 3.05) is 0 Å². The van der Waals surface area contributed by atoms with Gasteiger partial charge in [0.1, 0.15) is 5.82 Å². The molecule has 1 aromatic carbocycles. The van der Waals surface area contributed by atoms with Crippen LogP contribution in [0.2, 0.25) is 0 Å². The normalized spacial score (nSPS) is 15.5. The van der Waals surface area contributed by atoms with Crippen molar-refractivity contribution in [1.29, 1.82) is 0 Å². The van der Waals surface area contributed by atoms with Gasteiger partial charge < -0.3 is 5.11 Å². The third-order valence-corrected chi connectivity index (χ3v) is 3.13. The van der Waals surface area contributed by atoms with Crippen molar-refractivity contribution in [2.45, 2.75) is 38.0 Å². The molecule has 102 valence electrons. The molecule has 0 aliphatic heterocycles. The Balaban J connectivity index is 2.76. The fourth-order valence-electron chi connectivity index (χ4n) is 1.68. The van der Waals surface area contributed by atoms with Crippen LogP contribution in [0.4, 0.5) is 17.6 Å². The average molecular weight is 329 g/mol. The van der Waals surface area contributed by atoms with Crippen LogP contribution in [0.15, 0.2) is 22.7 Å². The minimum atomic E-state index is -4.26. The van der Waals surface area contributed by atoms with Crippen molar-refractivity contribution in [3.05, 3.63) is 34.1 Å². The molecule has 0 bridgehead atoms. The van der Waals surface area contributed by atoms with Gasteiger partial charge in [-0.3, -0.25) is 0 Å². The SMILES string of the molecule is CC(O)(CCCC(F)(F)F)c1cc(Br)ccc1F. The lowest BCUT2D eigenvalue weighted by Gasteiger charge is -2.24. The third kappa shape index (κ3) is 4.57. The Labute approximate surface area is 111 Å². The second-order valence-corrected chi connectivity index (χ2v) is 5.28. The van der Waals surface area contributed by atoms with Crippen LogP contribution in [0.1, 0.15) is 31.7 Å². The summed E-state index contributed by atoms with van der Waals surface area (Å²) in [6, 6.07) is 4.01. The van der Waals surface area contributed by atoms with E-state index in [-0.39, 0.29) is 18.4 Å². The molecule has 6 heteroatoms. The topological polar surface area (TPSA) is 20.2 Å². The van der Waals surface area contributed by atoms with Gasteiger partial charge in [-0.25, -0.2) is 4.39 Å². The van der Waals surface area contributed by atoms with E-state index in [1.165, 1.54) is 19.1 Å². The van der Waals surface area contributed by atoms with Crippen molar-refractivity contribution in [3.63, 3.8) is 0 Å². The number of hydrogen-bond donors (Lipinski definition) is 1.